The Balaban J connectivity index is 1.06. The molecule has 2 saturated heterocycles. The number of hydrogen-bond donors (Lipinski definition) is 12. The lowest BCUT2D eigenvalue weighted by Crippen LogP contribution is -2.64. The highest BCUT2D eigenvalue weighted by molar-refractivity contribution is 6.00. The minimum Gasteiger partial charge on any atom is -0.497 e. The van der Waals surface area contributed by atoms with Crippen LogP contribution in [0.15, 0.2) is 103 Å². The monoisotopic (exact) mass is 1370 g/mol. The lowest BCUT2D eigenvalue weighted by molar-refractivity contribution is -0.147. The van der Waals surface area contributed by atoms with Crippen LogP contribution in [0.5, 0.6) is 5.75 Å². The van der Waals surface area contributed by atoms with Gasteiger partial charge in [0, 0.05) is 79.3 Å². The quantitative estimate of drug-likeness (QED) is 0.0585. The van der Waals surface area contributed by atoms with Crippen molar-refractivity contribution in [1.82, 2.24) is 57.0 Å². The Kier molecular flexibility index (Phi) is 24.4. The van der Waals surface area contributed by atoms with E-state index < -0.39 is 156 Å². The van der Waals surface area contributed by atoms with E-state index in [0.29, 0.717) is 77.5 Å². The summed E-state index contributed by atoms with van der Waals surface area (Å²) in [5, 5.41) is 30.7. The molecule has 14 N–H and O–H groups in total. The van der Waals surface area contributed by atoms with Gasteiger partial charge in [-0.3, -0.25) is 47.9 Å². The van der Waals surface area contributed by atoms with Crippen molar-refractivity contribution < 1.29 is 71.0 Å². The maximum absolute atomic E-state index is 16.1. The minimum atomic E-state index is -1.89. The number of rotatable bonds is 13. The summed E-state index contributed by atoms with van der Waals surface area (Å²) < 4.78 is 51.4. The van der Waals surface area contributed by atoms with Crippen LogP contribution in [-0.2, 0) is 73.6 Å². The van der Waals surface area contributed by atoms with Crippen molar-refractivity contribution >= 4 is 87.0 Å². The van der Waals surface area contributed by atoms with Gasteiger partial charge in [0.15, 0.2) is 0 Å². The van der Waals surface area contributed by atoms with E-state index in [-0.39, 0.29) is 56.0 Å². The third-order valence-electron chi connectivity index (χ3n) is 18.6. The summed E-state index contributed by atoms with van der Waals surface area (Å²) in [7, 11) is 1.46. The number of aromatic amines is 2. The second-order valence-electron chi connectivity index (χ2n) is 25.9. The van der Waals surface area contributed by atoms with Crippen LogP contribution in [0, 0.1) is 11.6 Å². The number of unbranched alkanes of at least 4 members (excludes halogenated alkanes) is 1. The third-order valence-corrected chi connectivity index (χ3v) is 18.6. The Morgan fingerprint density at radius 3 is 1.95 bits per heavy atom. The number of aliphatic hydroxyl groups is 1. The molecule has 6 heterocycles. The Hall–Kier alpha value is -10.1. The highest BCUT2D eigenvalue weighted by Crippen LogP contribution is 2.32. The molecule has 528 valence electrons. The molecule has 6 aromatic rings. The van der Waals surface area contributed by atoms with E-state index in [0.717, 1.165) is 10.5 Å². The molecule has 2 bridgehead atoms. The zero-order valence-corrected chi connectivity index (χ0v) is 55.6. The summed E-state index contributed by atoms with van der Waals surface area (Å²) in [6.45, 7) is 3.65. The third kappa shape index (κ3) is 18.4. The number of H-pyrrole nitrogens is 2. The van der Waals surface area contributed by atoms with Gasteiger partial charge in [-0.2, -0.15) is 0 Å². The van der Waals surface area contributed by atoms with Crippen LogP contribution in [0.2, 0.25) is 0 Å². The van der Waals surface area contributed by atoms with E-state index in [1.165, 1.54) is 81.6 Å². The number of aliphatic hydroxyl groups excluding tert-OH is 1. The number of halogens is 3. The van der Waals surface area contributed by atoms with Gasteiger partial charge in [-0.05, 0) is 149 Å². The van der Waals surface area contributed by atoms with Gasteiger partial charge in [0.2, 0.25) is 59.1 Å². The number of primary amides is 1. The number of methoxy groups -OCH3 is 1. The SMILES string of the molecule is COc1ccc(C[C@@H]2NC(=O)[C@H]([C@@H](C)O)NC(=O)[C@@H]3C[C@H](F)CN3C(=O)[C@H](Cc3c[nH]c4ccc(F)cc34)NC(=O)[C@H](Cc3c[nH]c4ccc(F)cc34)NC(=O)[C@@H](C)NC(=O)[C@H](CCCCN)NC(=O)CCC/C=C\c3ccc(cc3)C[C@@H](C(N)=O)NC(=O)[C@]3(C)CCCN3C2=O)cc1. The number of hydrogen-bond acceptors (Lipinski definition) is 13. The molecule has 4 aromatic carbocycles. The van der Waals surface area contributed by atoms with Crippen molar-refractivity contribution in [1.29, 1.82) is 0 Å². The van der Waals surface area contributed by atoms with Crippen molar-refractivity contribution in [2.75, 3.05) is 26.7 Å². The Bertz CT molecular complexity index is 3980. The van der Waals surface area contributed by atoms with Crippen molar-refractivity contribution in [2.45, 2.75) is 170 Å². The molecule has 4 aliphatic rings. The predicted octanol–water partition coefficient (Wildman–Crippen LogP) is 3.13. The Morgan fingerprint density at radius 2 is 1.32 bits per heavy atom. The first-order valence-electron chi connectivity index (χ1n) is 33.3. The lowest BCUT2D eigenvalue weighted by atomic mass is 9.94. The van der Waals surface area contributed by atoms with Crippen molar-refractivity contribution in [3.8, 4) is 5.75 Å². The largest absolute Gasteiger partial charge is 0.497 e. The maximum atomic E-state index is 16.1. The van der Waals surface area contributed by atoms with Gasteiger partial charge in [-0.25, -0.2) is 13.2 Å². The van der Waals surface area contributed by atoms with E-state index in [4.69, 9.17) is 16.2 Å². The molecule has 0 aliphatic carbocycles. The Labute approximate surface area is 569 Å². The number of allylic oxidation sites excluding steroid dienone is 1. The highest BCUT2D eigenvalue weighted by atomic mass is 19.1. The van der Waals surface area contributed by atoms with Gasteiger partial charge < -0.3 is 78.3 Å². The van der Waals surface area contributed by atoms with E-state index >= 15 is 18.8 Å². The molecular formula is C71H86F3N13O12. The first-order chi connectivity index (χ1) is 47.3. The molecule has 28 heteroatoms. The average molecular weight is 1370 g/mol. The molecule has 10 rings (SSSR count). The lowest BCUT2D eigenvalue weighted by Gasteiger charge is -2.37. The summed E-state index contributed by atoms with van der Waals surface area (Å²) >= 11 is 0. The Morgan fingerprint density at radius 1 is 0.707 bits per heavy atom. The van der Waals surface area contributed by atoms with E-state index in [1.807, 2.05) is 12.2 Å². The fourth-order valence-corrected chi connectivity index (χ4v) is 12.9. The molecule has 4 aliphatic heterocycles. The van der Waals surface area contributed by atoms with Gasteiger partial charge in [0.05, 0.1) is 19.8 Å². The van der Waals surface area contributed by atoms with Gasteiger partial charge in [0.1, 0.15) is 77.4 Å². The van der Waals surface area contributed by atoms with E-state index in [9.17, 15) is 47.4 Å². The van der Waals surface area contributed by atoms with Gasteiger partial charge in [-0.15, -0.1) is 0 Å². The number of carbonyl (C=O) groups excluding carboxylic acids is 10. The number of alkyl halides is 1. The number of carbonyl (C=O) groups is 10. The van der Waals surface area contributed by atoms with Crippen LogP contribution in [-0.4, -0.2) is 177 Å². The molecule has 0 unspecified atom stereocenters. The molecule has 2 fully saturated rings. The summed E-state index contributed by atoms with van der Waals surface area (Å²) in [5.41, 5.74) is 13.5. The van der Waals surface area contributed by atoms with Crippen molar-refractivity contribution in [2.24, 2.45) is 11.5 Å². The second kappa shape index (κ2) is 33.0. The topological polar surface area (TPSA) is 374 Å². The smallest absolute Gasteiger partial charge is 0.246 e. The molecule has 0 saturated carbocycles. The molecule has 11 atom stereocenters. The fraction of sp³-hybridized carbons (Fsp3) is 0.437. The van der Waals surface area contributed by atoms with Gasteiger partial charge in [0.25, 0.3) is 0 Å². The standard InChI is InChI=1S/C71H86F3N13O12/c1-39-63(91)81-56(31-44-36-77-52-24-20-46(72)33-50(44)52)65(93)82-58(32-45-37-78-53-25-21-47(73)34-51(45)53)68(96)86-38-48(74)35-59(86)66(94)85-61(40(2)88)67(95)83-57(30-43-18-22-49(99-4)23-19-43)69(97)87-28-10-26-71(87,3)70(98)84-55(62(76)90)29-42-16-14-41(15-17-42)11-6-5-7-13-60(89)80-54(64(92)79-39)12-8-9-27-75/h6,11,14-25,33-34,36-37,39-40,48,54-59,61,77-78,88H,5,7-10,12-13,26-32,35,38,75H2,1-4H3,(H2,76,90)(H,79,92)(H,80,89)(H,81,91)(H,82,93)(H,83,95)(H,84,98)(H,85,94)/b11-6-/t39-,40-,48+,54+,55+,56+,57+,58+,59+,61+,71+/m1/s1. The van der Waals surface area contributed by atoms with Crippen LogP contribution in [0.3, 0.4) is 0 Å². The van der Waals surface area contributed by atoms with Crippen LogP contribution in [0.1, 0.15) is 106 Å². The molecule has 2 aromatic heterocycles. The number of fused-ring (bicyclic) bond motifs is 29. The minimum absolute atomic E-state index is 0.0185. The zero-order valence-electron chi connectivity index (χ0n) is 55.6. The number of amides is 10. The predicted molar refractivity (Wildman–Crippen MR) is 361 cm³/mol. The average Bonchev–Trinajstić information content (AvgIpc) is 1.69. The highest BCUT2D eigenvalue weighted by Gasteiger charge is 2.49. The van der Waals surface area contributed by atoms with Crippen molar-refractivity contribution in [3.63, 3.8) is 0 Å². The number of benzene rings is 4. The molecule has 10 amide bonds. The van der Waals surface area contributed by atoms with Crippen LogP contribution >= 0.6 is 0 Å². The molecular weight excluding hydrogens is 1280 g/mol. The number of nitrogens with one attached hydrogen (secondary N) is 9. The van der Waals surface area contributed by atoms with Crippen molar-refractivity contribution in [3.05, 3.63) is 143 Å². The zero-order chi connectivity index (χ0) is 71.2. The molecule has 0 spiro atoms. The molecule has 99 heavy (non-hydrogen) atoms. The first-order valence-corrected chi connectivity index (χ1v) is 33.3. The fourth-order valence-electron chi connectivity index (χ4n) is 12.9. The van der Waals surface area contributed by atoms with Gasteiger partial charge in [-0.1, -0.05) is 48.6 Å². The number of aromatic nitrogens is 2. The van der Waals surface area contributed by atoms with Gasteiger partial charge >= 0.3 is 0 Å². The van der Waals surface area contributed by atoms with E-state index in [1.54, 1.807) is 48.5 Å². The normalized spacial score (nSPS) is 25.5. The molecule has 25 nitrogen and oxygen atoms in total. The summed E-state index contributed by atoms with van der Waals surface area (Å²) in [5.74, 6) is -9.48. The van der Waals surface area contributed by atoms with Crippen LogP contribution in [0.4, 0.5) is 13.2 Å². The maximum Gasteiger partial charge on any atom is 0.246 e. The number of nitrogens with two attached hydrogens (primary N) is 2. The van der Waals surface area contributed by atoms with Crippen LogP contribution < -0.4 is 53.4 Å². The first kappa shape index (κ1) is 73.2. The van der Waals surface area contributed by atoms with Crippen LogP contribution in [0.25, 0.3) is 27.9 Å². The summed E-state index contributed by atoms with van der Waals surface area (Å²) in [4.78, 5) is 153. The number of ether oxygens (including phenoxy) is 1. The number of nitrogens with zero attached hydrogens (tertiary/aromatic N) is 2. The summed E-state index contributed by atoms with van der Waals surface area (Å²) in [6, 6.07) is 9.16. The molecule has 0 radical (unpaired) electrons. The summed E-state index contributed by atoms with van der Waals surface area (Å²) in [6.07, 6.45) is 3.80. The van der Waals surface area contributed by atoms with E-state index in [2.05, 4.69) is 47.2 Å². The second-order valence-corrected chi connectivity index (χ2v) is 25.9.